The van der Waals surface area contributed by atoms with Crippen LogP contribution in [0, 0.1) is 0 Å². The van der Waals surface area contributed by atoms with Crippen molar-refractivity contribution in [3.8, 4) is 11.5 Å². The van der Waals surface area contributed by atoms with Gasteiger partial charge in [0.1, 0.15) is 5.69 Å². The summed E-state index contributed by atoms with van der Waals surface area (Å²) in [5.41, 5.74) is 2.54. The van der Waals surface area contributed by atoms with Gasteiger partial charge >= 0.3 is 0 Å². The molecule has 2 amide bonds. The van der Waals surface area contributed by atoms with Crippen molar-refractivity contribution in [3.05, 3.63) is 75.0 Å². The van der Waals surface area contributed by atoms with Crippen molar-refractivity contribution in [3.63, 3.8) is 0 Å². The molecule has 0 aliphatic carbocycles. The van der Waals surface area contributed by atoms with Crippen LogP contribution < -0.4 is 9.47 Å². The van der Waals surface area contributed by atoms with Crippen LogP contribution in [0.3, 0.4) is 0 Å². The Bertz CT molecular complexity index is 1260. The predicted octanol–water partition coefficient (Wildman–Crippen LogP) is 4.18. The van der Waals surface area contributed by atoms with E-state index in [0.29, 0.717) is 59.8 Å². The number of carbonyl (C=O) groups excluding carboxylic acids is 2. The molecular formula is C25H26Cl2N4O4. The summed E-state index contributed by atoms with van der Waals surface area (Å²) in [6.45, 7) is 1.87. The third-order valence-corrected chi connectivity index (χ3v) is 6.71. The Kier molecular flexibility index (Phi) is 7.52. The number of ether oxygens (including phenoxy) is 2. The molecule has 0 saturated heterocycles. The van der Waals surface area contributed by atoms with Crippen molar-refractivity contribution in [2.45, 2.75) is 19.5 Å². The Morgan fingerprint density at radius 1 is 1.00 bits per heavy atom. The first-order chi connectivity index (χ1) is 16.8. The quantitative estimate of drug-likeness (QED) is 0.448. The number of nitrogens with zero attached hydrogens (tertiary/aromatic N) is 4. The highest BCUT2D eigenvalue weighted by Crippen LogP contribution is 2.28. The smallest absolute Gasteiger partial charge is 0.274 e. The molecule has 0 saturated carbocycles. The van der Waals surface area contributed by atoms with Crippen LogP contribution in [0.5, 0.6) is 11.5 Å². The molecule has 0 fully saturated rings. The van der Waals surface area contributed by atoms with Gasteiger partial charge in [-0.1, -0.05) is 35.3 Å². The fourth-order valence-electron chi connectivity index (χ4n) is 3.98. The molecule has 1 aromatic heterocycles. The van der Waals surface area contributed by atoms with E-state index in [9.17, 15) is 9.59 Å². The Labute approximate surface area is 213 Å². The second-order valence-corrected chi connectivity index (χ2v) is 9.09. The molecule has 0 unspecified atom stereocenters. The van der Waals surface area contributed by atoms with Gasteiger partial charge in [0.05, 0.1) is 30.8 Å². The van der Waals surface area contributed by atoms with Crippen LogP contribution in [0.25, 0.3) is 0 Å². The van der Waals surface area contributed by atoms with Crippen LogP contribution >= 0.6 is 23.2 Å². The lowest BCUT2D eigenvalue weighted by Gasteiger charge is -2.27. The molecule has 0 bridgehead atoms. The van der Waals surface area contributed by atoms with Gasteiger partial charge in [0.2, 0.25) is 0 Å². The molecule has 2 aromatic carbocycles. The highest BCUT2D eigenvalue weighted by molar-refractivity contribution is 6.42. The highest BCUT2D eigenvalue weighted by Gasteiger charge is 2.29. The van der Waals surface area contributed by atoms with Gasteiger partial charge in [-0.25, -0.2) is 0 Å². The van der Waals surface area contributed by atoms with Crippen LogP contribution in [0.15, 0.2) is 42.5 Å². The number of hydrogen-bond acceptors (Lipinski definition) is 5. The summed E-state index contributed by atoms with van der Waals surface area (Å²) in [7, 11) is 4.90. The molecule has 2 heterocycles. The summed E-state index contributed by atoms with van der Waals surface area (Å²) in [5.74, 6) is 0.880. The Balaban J connectivity index is 1.41. The molecule has 10 heteroatoms. The minimum absolute atomic E-state index is 0.179. The number of halogens is 2. The molecule has 1 aliphatic rings. The van der Waals surface area contributed by atoms with E-state index >= 15 is 0 Å². The average molecular weight is 517 g/mol. The Hall–Kier alpha value is -3.23. The number of amides is 2. The van der Waals surface area contributed by atoms with Crippen molar-refractivity contribution in [1.29, 1.82) is 0 Å². The normalized spacial score (nSPS) is 12.9. The van der Waals surface area contributed by atoms with E-state index in [-0.39, 0.29) is 17.5 Å². The minimum Gasteiger partial charge on any atom is -0.493 e. The number of benzene rings is 2. The minimum atomic E-state index is -0.240. The van der Waals surface area contributed by atoms with Gasteiger partial charge < -0.3 is 19.3 Å². The Morgan fingerprint density at radius 2 is 1.74 bits per heavy atom. The van der Waals surface area contributed by atoms with Gasteiger partial charge in [-0.3, -0.25) is 14.3 Å². The molecule has 0 N–H and O–H groups in total. The van der Waals surface area contributed by atoms with Gasteiger partial charge in [0.25, 0.3) is 11.8 Å². The van der Waals surface area contributed by atoms with E-state index < -0.39 is 0 Å². The second-order valence-electron chi connectivity index (χ2n) is 8.28. The van der Waals surface area contributed by atoms with Crippen LogP contribution in [-0.2, 0) is 19.5 Å². The molecule has 0 spiro atoms. The van der Waals surface area contributed by atoms with Crippen molar-refractivity contribution in [1.82, 2.24) is 19.6 Å². The maximum atomic E-state index is 13.1. The van der Waals surface area contributed by atoms with E-state index in [0.717, 1.165) is 11.1 Å². The van der Waals surface area contributed by atoms with Crippen LogP contribution in [0.2, 0.25) is 10.0 Å². The van der Waals surface area contributed by atoms with Gasteiger partial charge in [-0.2, -0.15) is 5.10 Å². The molecule has 3 aromatic rings. The molecule has 184 valence electrons. The monoisotopic (exact) mass is 516 g/mol. The van der Waals surface area contributed by atoms with Gasteiger partial charge in [-0.15, -0.1) is 0 Å². The summed E-state index contributed by atoms with van der Waals surface area (Å²) in [4.78, 5) is 29.4. The molecule has 8 nitrogen and oxygen atoms in total. The standard InChI is InChI=1S/C25H26Cl2N4O4/c1-29(9-8-16-5-7-22(34-2)23(13-16)35-3)24(32)20-14-21-25(33)30(10-11-31(21)28-20)15-17-4-6-18(26)19(27)12-17/h4-7,12-14H,8-11,15H2,1-3H3. The number of hydrogen-bond donors (Lipinski definition) is 0. The molecular weight excluding hydrogens is 491 g/mol. The first-order valence-electron chi connectivity index (χ1n) is 11.1. The van der Waals surface area contributed by atoms with E-state index in [1.54, 1.807) is 53.9 Å². The zero-order chi connectivity index (χ0) is 25.1. The molecule has 4 rings (SSSR count). The zero-order valence-corrected chi connectivity index (χ0v) is 21.3. The zero-order valence-electron chi connectivity index (χ0n) is 19.8. The molecule has 1 aliphatic heterocycles. The second kappa shape index (κ2) is 10.6. The van der Waals surface area contributed by atoms with Crippen LogP contribution in [0.4, 0.5) is 0 Å². The van der Waals surface area contributed by atoms with E-state index in [4.69, 9.17) is 32.7 Å². The number of carbonyl (C=O) groups is 2. The summed E-state index contributed by atoms with van der Waals surface area (Å²) in [6.07, 6.45) is 0.631. The number of likely N-dealkylation sites (N-methyl/N-ethyl adjacent to an activating group) is 1. The van der Waals surface area contributed by atoms with E-state index in [2.05, 4.69) is 5.10 Å². The largest absolute Gasteiger partial charge is 0.493 e. The van der Waals surface area contributed by atoms with Gasteiger partial charge in [-0.05, 0) is 41.8 Å². The lowest BCUT2D eigenvalue weighted by molar-refractivity contribution is 0.0682. The average Bonchev–Trinajstić information content (AvgIpc) is 3.31. The molecule has 35 heavy (non-hydrogen) atoms. The van der Waals surface area contributed by atoms with Crippen LogP contribution in [0.1, 0.15) is 32.1 Å². The highest BCUT2D eigenvalue weighted by atomic mass is 35.5. The topological polar surface area (TPSA) is 76.9 Å². The molecule has 0 radical (unpaired) electrons. The third kappa shape index (κ3) is 5.39. The fraction of sp³-hybridized carbons (Fsp3) is 0.320. The van der Waals surface area contributed by atoms with Crippen molar-refractivity contribution < 1.29 is 19.1 Å². The first-order valence-corrected chi connectivity index (χ1v) is 11.8. The fourth-order valence-corrected chi connectivity index (χ4v) is 4.30. The summed E-state index contributed by atoms with van der Waals surface area (Å²) in [6, 6.07) is 12.6. The summed E-state index contributed by atoms with van der Waals surface area (Å²) < 4.78 is 12.2. The lowest BCUT2D eigenvalue weighted by atomic mass is 10.1. The maximum Gasteiger partial charge on any atom is 0.274 e. The molecule has 0 atom stereocenters. The lowest BCUT2D eigenvalue weighted by Crippen LogP contribution is -2.39. The maximum absolute atomic E-state index is 13.1. The number of aromatic nitrogens is 2. The SMILES string of the molecule is COc1ccc(CCN(C)C(=O)c2cc3n(n2)CCN(Cc2ccc(Cl)c(Cl)c2)C3=O)cc1OC. The number of methoxy groups -OCH3 is 2. The van der Waals surface area contributed by atoms with Crippen molar-refractivity contribution >= 4 is 35.0 Å². The van der Waals surface area contributed by atoms with Crippen molar-refractivity contribution in [2.24, 2.45) is 0 Å². The third-order valence-electron chi connectivity index (χ3n) is 5.98. The summed E-state index contributed by atoms with van der Waals surface area (Å²) in [5, 5.41) is 5.31. The van der Waals surface area contributed by atoms with E-state index in [1.807, 2.05) is 24.3 Å². The van der Waals surface area contributed by atoms with Gasteiger partial charge in [0, 0.05) is 32.7 Å². The van der Waals surface area contributed by atoms with E-state index in [1.165, 1.54) is 0 Å². The summed E-state index contributed by atoms with van der Waals surface area (Å²) >= 11 is 12.1. The predicted molar refractivity (Wildman–Crippen MR) is 134 cm³/mol. The van der Waals surface area contributed by atoms with Crippen LogP contribution in [-0.4, -0.2) is 65.8 Å². The Morgan fingerprint density at radius 3 is 2.46 bits per heavy atom. The van der Waals surface area contributed by atoms with Gasteiger partial charge in [0.15, 0.2) is 17.2 Å². The van der Waals surface area contributed by atoms with Crippen molar-refractivity contribution in [2.75, 3.05) is 34.4 Å². The number of rotatable bonds is 8. The number of fused-ring (bicyclic) bond motifs is 1. The first kappa shape index (κ1) is 24.9.